The topological polar surface area (TPSA) is 114 Å². The highest BCUT2D eigenvalue weighted by molar-refractivity contribution is 5.95. The first-order valence-corrected chi connectivity index (χ1v) is 11.7. The summed E-state index contributed by atoms with van der Waals surface area (Å²) >= 11 is 0. The van der Waals surface area contributed by atoms with Crippen LogP contribution in [0.2, 0.25) is 0 Å². The van der Waals surface area contributed by atoms with Gasteiger partial charge in [0.25, 0.3) is 0 Å². The molecule has 1 heterocycles. The summed E-state index contributed by atoms with van der Waals surface area (Å²) in [5, 5.41) is 5.64. The molecule has 0 bridgehead atoms. The highest BCUT2D eigenvalue weighted by Gasteiger charge is 2.36. The van der Waals surface area contributed by atoms with E-state index in [0.29, 0.717) is 29.1 Å². The van der Waals surface area contributed by atoms with E-state index < -0.39 is 18.0 Å². The molecular formula is C25H35N3O6. The lowest BCUT2D eigenvalue weighted by molar-refractivity contribution is -0.144. The molecule has 9 nitrogen and oxygen atoms in total. The maximum absolute atomic E-state index is 13.0. The van der Waals surface area contributed by atoms with Crippen molar-refractivity contribution in [3.8, 4) is 0 Å². The number of amides is 3. The number of nitrogens with zero attached hydrogens (tertiary/aromatic N) is 1. The second kappa shape index (κ2) is 12.8. The van der Waals surface area contributed by atoms with Crippen LogP contribution in [0.5, 0.6) is 0 Å². The van der Waals surface area contributed by atoms with Crippen LogP contribution in [0.1, 0.15) is 65.5 Å². The monoisotopic (exact) mass is 473 g/mol. The predicted molar refractivity (Wildman–Crippen MR) is 128 cm³/mol. The molecule has 1 aliphatic heterocycles. The van der Waals surface area contributed by atoms with Gasteiger partial charge in [0.15, 0.2) is 0 Å². The van der Waals surface area contributed by atoms with Crippen molar-refractivity contribution in [3.05, 3.63) is 41.1 Å². The molecule has 34 heavy (non-hydrogen) atoms. The van der Waals surface area contributed by atoms with Crippen LogP contribution in [-0.2, 0) is 23.9 Å². The molecule has 2 N–H and O–H groups in total. The van der Waals surface area contributed by atoms with Crippen LogP contribution < -0.4 is 10.6 Å². The highest BCUT2D eigenvalue weighted by atomic mass is 16.5. The Kier molecular flexibility index (Phi) is 10.1. The zero-order valence-corrected chi connectivity index (χ0v) is 20.6. The van der Waals surface area contributed by atoms with Crippen LogP contribution in [0.4, 0.5) is 10.5 Å². The van der Waals surface area contributed by atoms with Gasteiger partial charge in [0, 0.05) is 24.4 Å². The summed E-state index contributed by atoms with van der Waals surface area (Å²) < 4.78 is 10.3. The molecule has 0 saturated carbocycles. The maximum Gasteiger partial charge on any atom is 0.338 e. The van der Waals surface area contributed by atoms with Crippen LogP contribution in [0, 0.1) is 5.92 Å². The van der Waals surface area contributed by atoms with E-state index in [-0.39, 0.29) is 43.9 Å². The Balaban J connectivity index is 2.20. The molecule has 0 aliphatic carbocycles. The fourth-order valence-corrected chi connectivity index (χ4v) is 3.54. The average Bonchev–Trinajstić information content (AvgIpc) is 2.79. The largest absolute Gasteiger partial charge is 0.466 e. The number of rotatable bonds is 11. The molecule has 1 atom stereocenters. The molecule has 0 fully saturated rings. The van der Waals surface area contributed by atoms with Crippen LogP contribution >= 0.6 is 0 Å². The Hall–Kier alpha value is -3.36. The molecule has 186 valence electrons. The van der Waals surface area contributed by atoms with E-state index in [2.05, 4.69) is 10.6 Å². The predicted octanol–water partition coefficient (Wildman–Crippen LogP) is 3.92. The van der Waals surface area contributed by atoms with Crippen molar-refractivity contribution in [3.63, 3.8) is 0 Å². The van der Waals surface area contributed by atoms with Gasteiger partial charge in [-0.1, -0.05) is 32.9 Å². The zero-order valence-electron chi connectivity index (χ0n) is 20.6. The van der Waals surface area contributed by atoms with Gasteiger partial charge >= 0.3 is 18.0 Å². The van der Waals surface area contributed by atoms with E-state index in [4.69, 9.17) is 9.47 Å². The van der Waals surface area contributed by atoms with Gasteiger partial charge in [-0.15, -0.1) is 0 Å². The van der Waals surface area contributed by atoms with E-state index in [1.807, 2.05) is 20.8 Å². The van der Waals surface area contributed by atoms with Crippen molar-refractivity contribution in [2.45, 2.75) is 59.9 Å². The number of carbonyl (C=O) groups excluding carboxylic acids is 4. The van der Waals surface area contributed by atoms with Gasteiger partial charge < -0.3 is 20.1 Å². The number of esters is 2. The lowest BCUT2D eigenvalue weighted by Crippen LogP contribution is -2.48. The summed E-state index contributed by atoms with van der Waals surface area (Å²) in [5.41, 5.74) is 2.18. The maximum atomic E-state index is 13.0. The molecular weight excluding hydrogens is 438 g/mol. The highest BCUT2D eigenvalue weighted by Crippen LogP contribution is 2.32. The minimum absolute atomic E-state index is 0.00599. The first-order valence-electron chi connectivity index (χ1n) is 11.7. The number of carbonyl (C=O) groups is 4. The Morgan fingerprint density at radius 1 is 1.09 bits per heavy atom. The van der Waals surface area contributed by atoms with Gasteiger partial charge in [0.1, 0.15) is 0 Å². The molecule has 2 rings (SSSR count). The summed E-state index contributed by atoms with van der Waals surface area (Å²) in [7, 11) is 0. The number of anilines is 1. The molecule has 0 saturated heterocycles. The van der Waals surface area contributed by atoms with Gasteiger partial charge in [-0.3, -0.25) is 14.5 Å². The second-order valence-corrected chi connectivity index (χ2v) is 8.50. The summed E-state index contributed by atoms with van der Waals surface area (Å²) in [6, 6.07) is 5.91. The third-order valence-electron chi connectivity index (χ3n) is 5.20. The van der Waals surface area contributed by atoms with E-state index in [1.165, 1.54) is 0 Å². The first kappa shape index (κ1) is 26.9. The van der Waals surface area contributed by atoms with Crippen molar-refractivity contribution < 1.29 is 28.7 Å². The molecule has 1 aromatic rings. The van der Waals surface area contributed by atoms with Gasteiger partial charge in [0.05, 0.1) is 31.2 Å². The number of hydrogen-bond donors (Lipinski definition) is 2. The minimum atomic E-state index is -0.672. The smallest absolute Gasteiger partial charge is 0.338 e. The number of benzene rings is 1. The van der Waals surface area contributed by atoms with Crippen molar-refractivity contribution in [2.24, 2.45) is 5.92 Å². The van der Waals surface area contributed by atoms with Gasteiger partial charge in [-0.2, -0.15) is 0 Å². The molecule has 0 spiro atoms. The summed E-state index contributed by atoms with van der Waals surface area (Å²) in [6.45, 7) is 10.4. The third kappa shape index (κ3) is 7.33. The van der Waals surface area contributed by atoms with Crippen LogP contribution in [-0.4, -0.2) is 48.5 Å². The lowest BCUT2D eigenvalue weighted by Gasteiger charge is -2.35. The van der Waals surface area contributed by atoms with E-state index in [9.17, 15) is 19.2 Å². The number of ether oxygens (including phenoxy) is 2. The van der Waals surface area contributed by atoms with Gasteiger partial charge in [-0.05, 0) is 43.9 Å². The van der Waals surface area contributed by atoms with Crippen LogP contribution in [0.15, 0.2) is 35.5 Å². The Morgan fingerprint density at radius 2 is 1.76 bits per heavy atom. The summed E-state index contributed by atoms with van der Waals surface area (Å²) in [6.07, 6.45) is 0.765. The number of urea groups is 1. The fraction of sp³-hybridized carbons (Fsp3) is 0.520. The summed E-state index contributed by atoms with van der Waals surface area (Å²) in [5.74, 6) is -1.01. The van der Waals surface area contributed by atoms with E-state index >= 15 is 0 Å². The standard InChI is InChI=1S/C25H35N3O6/c1-6-14-28-17(5)22(24(31)34-15-16(3)4)23(27-25(28)32)18-8-10-19(11-9-18)26-20(29)12-13-21(30)33-7-2/h8-11,16,23H,6-7,12-15H2,1-5H3,(H,26,29)(H,27,32). The Labute approximate surface area is 200 Å². The minimum Gasteiger partial charge on any atom is -0.466 e. The van der Waals surface area contributed by atoms with Gasteiger partial charge in [0.2, 0.25) is 5.91 Å². The fourth-order valence-electron chi connectivity index (χ4n) is 3.54. The van der Waals surface area contributed by atoms with E-state index in [0.717, 1.165) is 6.42 Å². The molecule has 9 heteroatoms. The van der Waals surface area contributed by atoms with Crippen LogP contribution in [0.25, 0.3) is 0 Å². The number of nitrogens with one attached hydrogen (secondary N) is 2. The Bertz CT molecular complexity index is 923. The van der Waals surface area contributed by atoms with Gasteiger partial charge in [-0.25, -0.2) is 9.59 Å². The number of hydrogen-bond acceptors (Lipinski definition) is 6. The Morgan fingerprint density at radius 3 is 2.35 bits per heavy atom. The molecule has 1 aliphatic rings. The first-order chi connectivity index (χ1) is 16.2. The molecule has 0 aromatic heterocycles. The summed E-state index contributed by atoms with van der Waals surface area (Å²) in [4.78, 5) is 50.8. The second-order valence-electron chi connectivity index (χ2n) is 8.50. The quantitative estimate of drug-likeness (QED) is 0.471. The lowest BCUT2D eigenvalue weighted by atomic mass is 9.94. The van der Waals surface area contributed by atoms with Crippen LogP contribution in [0.3, 0.4) is 0 Å². The molecule has 3 amide bonds. The van der Waals surface area contributed by atoms with Crippen molar-refractivity contribution in [1.29, 1.82) is 0 Å². The SMILES string of the molecule is CCCN1C(=O)NC(c2ccc(NC(=O)CCC(=O)OCC)cc2)C(C(=O)OCC(C)C)=C1C. The zero-order chi connectivity index (χ0) is 25.3. The molecule has 0 radical (unpaired) electrons. The van der Waals surface area contributed by atoms with Crippen molar-refractivity contribution >= 4 is 29.6 Å². The normalized spacial score (nSPS) is 15.8. The van der Waals surface area contributed by atoms with E-state index in [1.54, 1.807) is 43.0 Å². The van der Waals surface area contributed by atoms with Crippen molar-refractivity contribution in [1.82, 2.24) is 10.2 Å². The van der Waals surface area contributed by atoms with Crippen molar-refractivity contribution in [2.75, 3.05) is 25.1 Å². The number of allylic oxidation sites excluding steroid dienone is 1. The molecule has 1 unspecified atom stereocenters. The third-order valence-corrected chi connectivity index (χ3v) is 5.20. The average molecular weight is 474 g/mol. The molecule has 1 aromatic carbocycles.